The van der Waals surface area contributed by atoms with E-state index in [1.165, 1.54) is 10.8 Å². The molecule has 30 heavy (non-hydrogen) atoms. The molecule has 0 saturated carbocycles. The highest BCUT2D eigenvalue weighted by atomic mass is 19.2. The third-order valence-electron chi connectivity index (χ3n) is 4.23. The number of halogens is 2. The molecule has 3 aromatic rings. The van der Waals surface area contributed by atoms with Gasteiger partial charge in [0.2, 0.25) is 0 Å². The van der Waals surface area contributed by atoms with E-state index in [1.807, 2.05) is 6.07 Å². The van der Waals surface area contributed by atoms with Gasteiger partial charge in [0, 0.05) is 17.8 Å². The summed E-state index contributed by atoms with van der Waals surface area (Å²) in [6.45, 7) is -1.24. The van der Waals surface area contributed by atoms with Crippen molar-refractivity contribution in [1.82, 2.24) is 9.13 Å². The van der Waals surface area contributed by atoms with Crippen molar-refractivity contribution in [1.29, 1.82) is 0 Å². The highest BCUT2D eigenvalue weighted by molar-refractivity contribution is 5.97. The molecule has 0 aliphatic heterocycles. The molecule has 0 bridgehead atoms. The SMILES string of the molecule is O=C(Cn1c(=O)ccn(Cc2ccccc2)c1=O)OCC(=O)c1ccc(F)c(F)c1. The van der Waals surface area contributed by atoms with Gasteiger partial charge in [0.05, 0.1) is 6.54 Å². The van der Waals surface area contributed by atoms with Gasteiger partial charge in [-0.25, -0.2) is 18.1 Å². The Balaban J connectivity index is 1.68. The van der Waals surface area contributed by atoms with Gasteiger partial charge in [-0.1, -0.05) is 30.3 Å². The van der Waals surface area contributed by atoms with Crippen LogP contribution in [0.1, 0.15) is 15.9 Å². The Morgan fingerprint density at radius 3 is 2.37 bits per heavy atom. The van der Waals surface area contributed by atoms with Crippen molar-refractivity contribution < 1.29 is 23.1 Å². The summed E-state index contributed by atoms with van der Waals surface area (Å²) in [6.07, 6.45) is 1.33. The second-order valence-corrected chi connectivity index (χ2v) is 6.35. The van der Waals surface area contributed by atoms with Crippen LogP contribution in [0.4, 0.5) is 8.78 Å². The van der Waals surface area contributed by atoms with Gasteiger partial charge in [0.25, 0.3) is 5.56 Å². The molecule has 154 valence electrons. The molecule has 2 aromatic carbocycles. The smallest absolute Gasteiger partial charge is 0.331 e. The summed E-state index contributed by atoms with van der Waals surface area (Å²) in [4.78, 5) is 48.5. The molecule has 0 saturated heterocycles. The molecule has 0 aliphatic carbocycles. The molecule has 9 heteroatoms. The molecule has 0 amide bonds. The number of rotatable bonds is 7. The van der Waals surface area contributed by atoms with Crippen LogP contribution in [0, 0.1) is 11.6 Å². The minimum atomic E-state index is -1.21. The molecule has 0 spiro atoms. The Morgan fingerprint density at radius 1 is 0.933 bits per heavy atom. The average Bonchev–Trinajstić information content (AvgIpc) is 2.74. The predicted octanol–water partition coefficient (Wildman–Crippen LogP) is 1.76. The van der Waals surface area contributed by atoms with E-state index in [2.05, 4.69) is 0 Å². The van der Waals surface area contributed by atoms with Crippen LogP contribution in [0.3, 0.4) is 0 Å². The first-order valence-corrected chi connectivity index (χ1v) is 8.83. The third kappa shape index (κ3) is 4.93. The average molecular weight is 414 g/mol. The Morgan fingerprint density at radius 2 is 1.67 bits per heavy atom. The molecule has 0 fully saturated rings. The van der Waals surface area contributed by atoms with Crippen LogP contribution in [-0.4, -0.2) is 27.5 Å². The molecule has 1 aromatic heterocycles. The highest BCUT2D eigenvalue weighted by Gasteiger charge is 2.15. The molecule has 1 heterocycles. The monoisotopic (exact) mass is 414 g/mol. The lowest BCUT2D eigenvalue weighted by Gasteiger charge is -2.10. The first-order valence-electron chi connectivity index (χ1n) is 8.83. The van der Waals surface area contributed by atoms with E-state index in [9.17, 15) is 28.0 Å². The topological polar surface area (TPSA) is 87.4 Å². The summed E-state index contributed by atoms with van der Waals surface area (Å²) < 4.78 is 32.9. The molecule has 0 atom stereocenters. The zero-order valence-electron chi connectivity index (χ0n) is 15.6. The highest BCUT2D eigenvalue weighted by Crippen LogP contribution is 2.09. The molecule has 0 aliphatic rings. The Labute approximate surface area is 168 Å². The first-order chi connectivity index (χ1) is 14.3. The van der Waals surface area contributed by atoms with Crippen LogP contribution < -0.4 is 11.2 Å². The summed E-state index contributed by atoms with van der Waals surface area (Å²) in [5.41, 5.74) is -0.767. The fourth-order valence-corrected chi connectivity index (χ4v) is 2.68. The number of benzene rings is 2. The van der Waals surface area contributed by atoms with Crippen LogP contribution in [-0.2, 0) is 22.6 Å². The number of hydrogen-bond donors (Lipinski definition) is 0. The summed E-state index contributed by atoms with van der Waals surface area (Å²) >= 11 is 0. The Bertz CT molecular complexity index is 1200. The molecule has 0 N–H and O–H groups in total. The molecular weight excluding hydrogens is 398 g/mol. The van der Waals surface area contributed by atoms with Crippen LogP contribution >= 0.6 is 0 Å². The number of ketones is 1. The lowest BCUT2D eigenvalue weighted by molar-refractivity contribution is -0.143. The molecule has 7 nitrogen and oxygen atoms in total. The van der Waals surface area contributed by atoms with E-state index >= 15 is 0 Å². The Kier molecular flexibility index (Phi) is 6.31. The van der Waals surface area contributed by atoms with Crippen molar-refractivity contribution in [3.05, 3.63) is 104 Å². The molecule has 0 unspecified atom stereocenters. The number of aromatic nitrogens is 2. The fourth-order valence-electron chi connectivity index (χ4n) is 2.68. The summed E-state index contributed by atoms with van der Waals surface area (Å²) in [7, 11) is 0. The maximum absolute atomic E-state index is 13.2. The van der Waals surface area contributed by atoms with Gasteiger partial charge in [-0.15, -0.1) is 0 Å². The van der Waals surface area contributed by atoms with Crippen molar-refractivity contribution >= 4 is 11.8 Å². The number of nitrogens with zero attached hydrogens (tertiary/aromatic N) is 2. The Hall–Kier alpha value is -3.88. The van der Waals surface area contributed by atoms with Crippen molar-refractivity contribution in [3.63, 3.8) is 0 Å². The second-order valence-electron chi connectivity index (χ2n) is 6.35. The predicted molar refractivity (Wildman–Crippen MR) is 102 cm³/mol. The van der Waals surface area contributed by atoms with Crippen LogP contribution in [0.2, 0.25) is 0 Å². The minimum absolute atomic E-state index is 0.177. The number of Topliss-reactive ketones (excluding diaryl/α,β-unsaturated/α-hetero) is 1. The van der Waals surface area contributed by atoms with Gasteiger partial charge >= 0.3 is 11.7 Å². The third-order valence-corrected chi connectivity index (χ3v) is 4.23. The number of carbonyl (C=O) groups is 2. The van der Waals surface area contributed by atoms with Crippen molar-refractivity contribution in [3.8, 4) is 0 Å². The quantitative estimate of drug-likeness (QED) is 0.434. The maximum atomic E-state index is 13.2. The van der Waals surface area contributed by atoms with Crippen molar-refractivity contribution in [2.24, 2.45) is 0 Å². The van der Waals surface area contributed by atoms with Gasteiger partial charge in [0.1, 0.15) is 6.54 Å². The van der Waals surface area contributed by atoms with Crippen LogP contribution in [0.25, 0.3) is 0 Å². The number of hydrogen-bond acceptors (Lipinski definition) is 5. The standard InChI is InChI=1S/C21H16F2N2O5/c22-16-7-6-15(10-17(16)23)18(26)13-30-20(28)12-25-19(27)8-9-24(21(25)29)11-14-4-2-1-3-5-14/h1-10H,11-13H2. The maximum Gasteiger partial charge on any atom is 0.331 e. The summed E-state index contributed by atoms with van der Waals surface area (Å²) in [5.74, 6) is -4.08. The number of ether oxygens (including phenoxy) is 1. The number of esters is 1. The van der Waals surface area contributed by atoms with Gasteiger partial charge in [-0.2, -0.15) is 0 Å². The zero-order chi connectivity index (χ0) is 21.7. The van der Waals surface area contributed by atoms with E-state index < -0.39 is 47.8 Å². The normalized spacial score (nSPS) is 10.6. The van der Waals surface area contributed by atoms with E-state index in [-0.39, 0.29) is 12.1 Å². The lowest BCUT2D eigenvalue weighted by Crippen LogP contribution is -2.41. The molecule has 0 radical (unpaired) electrons. The molecular formula is C21H16F2N2O5. The van der Waals surface area contributed by atoms with E-state index in [0.717, 1.165) is 23.8 Å². The van der Waals surface area contributed by atoms with Crippen LogP contribution in [0.5, 0.6) is 0 Å². The zero-order valence-corrected chi connectivity index (χ0v) is 15.6. The van der Waals surface area contributed by atoms with Crippen molar-refractivity contribution in [2.45, 2.75) is 13.1 Å². The molecule has 3 rings (SSSR count). The van der Waals surface area contributed by atoms with E-state index in [1.54, 1.807) is 24.3 Å². The summed E-state index contributed by atoms with van der Waals surface area (Å²) in [5, 5.41) is 0. The van der Waals surface area contributed by atoms with Crippen LogP contribution in [0.15, 0.2) is 70.4 Å². The van der Waals surface area contributed by atoms with Crippen molar-refractivity contribution in [2.75, 3.05) is 6.61 Å². The first kappa shape index (κ1) is 20.8. The largest absolute Gasteiger partial charge is 0.456 e. The van der Waals surface area contributed by atoms with Gasteiger partial charge < -0.3 is 4.74 Å². The van der Waals surface area contributed by atoms with Gasteiger partial charge in [-0.3, -0.25) is 19.0 Å². The second kappa shape index (κ2) is 9.08. The fraction of sp³-hybridized carbons (Fsp3) is 0.143. The minimum Gasteiger partial charge on any atom is -0.456 e. The van der Waals surface area contributed by atoms with E-state index in [4.69, 9.17) is 4.74 Å². The van der Waals surface area contributed by atoms with E-state index in [0.29, 0.717) is 10.6 Å². The lowest BCUT2D eigenvalue weighted by atomic mass is 10.1. The number of carbonyl (C=O) groups excluding carboxylic acids is 2. The van der Waals surface area contributed by atoms with Gasteiger partial charge in [-0.05, 0) is 23.8 Å². The summed E-state index contributed by atoms with van der Waals surface area (Å²) in [6, 6.07) is 12.7. The van der Waals surface area contributed by atoms with Gasteiger partial charge in [0.15, 0.2) is 24.0 Å².